The van der Waals surface area contributed by atoms with Crippen molar-refractivity contribution in [3.05, 3.63) is 18.0 Å². The molecule has 1 N–H and O–H groups in total. The molecule has 2 aliphatic heterocycles. The summed E-state index contributed by atoms with van der Waals surface area (Å²) in [6, 6.07) is 0.531. The van der Waals surface area contributed by atoms with Crippen LogP contribution in [0.2, 0.25) is 0 Å². The highest BCUT2D eigenvalue weighted by atomic mass is 19.1. The van der Waals surface area contributed by atoms with Crippen molar-refractivity contribution >= 4 is 5.91 Å². The lowest BCUT2D eigenvalue weighted by molar-refractivity contribution is -0.120. The van der Waals surface area contributed by atoms with Gasteiger partial charge in [-0.2, -0.15) is 5.10 Å². The largest absolute Gasteiger partial charge is 0.356 e. The van der Waals surface area contributed by atoms with Crippen molar-refractivity contribution in [1.82, 2.24) is 24.9 Å². The van der Waals surface area contributed by atoms with Crippen LogP contribution in [-0.4, -0.2) is 70.9 Å². The van der Waals surface area contributed by atoms with Crippen LogP contribution in [0, 0.1) is 0 Å². The molecule has 1 unspecified atom stereocenters. The molecule has 0 saturated carbocycles. The van der Waals surface area contributed by atoms with Gasteiger partial charge >= 0.3 is 0 Å². The highest BCUT2D eigenvalue weighted by molar-refractivity contribution is 5.76. The van der Waals surface area contributed by atoms with Gasteiger partial charge in [-0.25, -0.2) is 4.39 Å². The van der Waals surface area contributed by atoms with Crippen molar-refractivity contribution in [2.24, 2.45) is 0 Å². The number of amides is 1. The van der Waals surface area contributed by atoms with E-state index in [0.29, 0.717) is 19.0 Å². The van der Waals surface area contributed by atoms with Gasteiger partial charge in [-0.05, 0) is 12.8 Å². The van der Waals surface area contributed by atoms with E-state index in [1.165, 1.54) is 0 Å². The summed E-state index contributed by atoms with van der Waals surface area (Å²) < 4.78 is 14.0. The molecule has 0 aromatic carbocycles. The van der Waals surface area contributed by atoms with Gasteiger partial charge in [-0.15, -0.1) is 0 Å². The summed E-state index contributed by atoms with van der Waals surface area (Å²) in [6.45, 7) is 5.82. The zero-order valence-electron chi connectivity index (χ0n) is 13.6. The van der Waals surface area contributed by atoms with Gasteiger partial charge in [-0.1, -0.05) is 0 Å². The molecule has 1 aromatic heterocycles. The normalized spacial score (nSPS) is 24.4. The number of piperazine rings is 1. The molecule has 3 rings (SSSR count). The quantitative estimate of drug-likeness (QED) is 0.864. The zero-order valence-corrected chi connectivity index (χ0v) is 13.6. The molecule has 0 spiro atoms. The molecule has 2 fully saturated rings. The maximum atomic E-state index is 12.3. The van der Waals surface area contributed by atoms with Crippen molar-refractivity contribution < 1.29 is 9.18 Å². The van der Waals surface area contributed by atoms with E-state index in [9.17, 15) is 9.18 Å². The fourth-order valence-electron chi connectivity index (χ4n) is 3.52. The van der Waals surface area contributed by atoms with Crippen LogP contribution >= 0.6 is 0 Å². The molecule has 1 aromatic rings. The van der Waals surface area contributed by atoms with Gasteiger partial charge < -0.3 is 5.32 Å². The number of aryl methyl sites for hydroxylation is 1. The summed E-state index contributed by atoms with van der Waals surface area (Å²) in [5, 5.41) is 7.13. The number of rotatable bonds is 5. The first-order valence-corrected chi connectivity index (χ1v) is 8.55. The van der Waals surface area contributed by atoms with Crippen LogP contribution in [0.15, 0.2) is 12.4 Å². The molecule has 2 aliphatic rings. The molecule has 7 heteroatoms. The minimum Gasteiger partial charge on any atom is -0.356 e. The number of nitrogens with one attached hydrogen (secondary N) is 1. The van der Waals surface area contributed by atoms with Gasteiger partial charge in [0.15, 0.2) is 0 Å². The summed E-state index contributed by atoms with van der Waals surface area (Å²) in [5.41, 5.74) is 1.15. The number of nitrogens with zero attached hydrogens (tertiary/aromatic N) is 4. The van der Waals surface area contributed by atoms with E-state index < -0.39 is 0 Å². The number of hydrogen-bond donors (Lipinski definition) is 1. The molecule has 1 atom stereocenters. The van der Waals surface area contributed by atoms with Gasteiger partial charge in [0.2, 0.25) is 5.91 Å². The van der Waals surface area contributed by atoms with Gasteiger partial charge in [0.05, 0.1) is 12.7 Å². The third-order valence-corrected chi connectivity index (χ3v) is 4.83. The van der Waals surface area contributed by atoms with E-state index in [-0.39, 0.29) is 12.6 Å². The summed E-state index contributed by atoms with van der Waals surface area (Å²) in [4.78, 5) is 16.4. The van der Waals surface area contributed by atoms with Crippen LogP contribution < -0.4 is 5.32 Å². The van der Waals surface area contributed by atoms with Crippen LogP contribution in [0.25, 0.3) is 0 Å². The van der Waals surface area contributed by atoms with Crippen molar-refractivity contribution in [2.75, 3.05) is 39.4 Å². The first-order chi connectivity index (χ1) is 11.2. The molecule has 0 aliphatic carbocycles. The summed E-state index contributed by atoms with van der Waals surface area (Å²) in [5.74, 6) is 0.191. The van der Waals surface area contributed by atoms with Gasteiger partial charge in [-0.3, -0.25) is 19.3 Å². The lowest BCUT2D eigenvalue weighted by Gasteiger charge is -2.38. The Hall–Kier alpha value is -1.47. The van der Waals surface area contributed by atoms with E-state index in [1.54, 1.807) is 4.68 Å². The van der Waals surface area contributed by atoms with Crippen LogP contribution in [0.3, 0.4) is 0 Å². The van der Waals surface area contributed by atoms with Gasteiger partial charge in [0, 0.05) is 63.5 Å². The lowest BCUT2D eigenvalue weighted by atomic mass is 10.1. The average molecular weight is 323 g/mol. The van der Waals surface area contributed by atoms with Crippen LogP contribution in [0.1, 0.15) is 24.8 Å². The highest BCUT2D eigenvalue weighted by Crippen LogP contribution is 2.17. The Labute approximate surface area is 136 Å². The third kappa shape index (κ3) is 4.51. The Morgan fingerprint density at radius 3 is 2.87 bits per heavy atom. The maximum Gasteiger partial charge on any atom is 0.220 e. The molecule has 0 radical (unpaired) electrons. The fourth-order valence-corrected chi connectivity index (χ4v) is 3.52. The molecule has 3 heterocycles. The number of halogens is 1. The molecule has 2 saturated heterocycles. The Morgan fingerprint density at radius 1 is 1.26 bits per heavy atom. The van der Waals surface area contributed by atoms with E-state index in [1.807, 2.05) is 12.4 Å². The first-order valence-electron chi connectivity index (χ1n) is 8.55. The molecule has 23 heavy (non-hydrogen) atoms. The summed E-state index contributed by atoms with van der Waals surface area (Å²) in [7, 11) is 0. The Morgan fingerprint density at radius 2 is 2.09 bits per heavy atom. The van der Waals surface area contributed by atoms with Gasteiger partial charge in [0.25, 0.3) is 0 Å². The average Bonchev–Trinajstić information content (AvgIpc) is 2.87. The number of hydrogen-bond acceptors (Lipinski definition) is 4. The van der Waals surface area contributed by atoms with Crippen molar-refractivity contribution in [1.29, 1.82) is 0 Å². The summed E-state index contributed by atoms with van der Waals surface area (Å²) in [6.07, 6.45) is 6.46. The summed E-state index contributed by atoms with van der Waals surface area (Å²) >= 11 is 0. The molecular formula is C16H26FN5O. The molecule has 1 amide bonds. The number of carbonyl (C=O) groups is 1. The Kier molecular flexibility index (Phi) is 5.61. The van der Waals surface area contributed by atoms with Crippen LogP contribution in [-0.2, 0) is 17.9 Å². The monoisotopic (exact) mass is 323 g/mol. The minimum absolute atomic E-state index is 0.191. The third-order valence-electron chi connectivity index (χ3n) is 4.83. The number of carbonyl (C=O) groups excluding carboxylic acids is 1. The number of aromatic nitrogens is 2. The second kappa shape index (κ2) is 7.88. The molecule has 0 bridgehead atoms. The Balaban J connectivity index is 1.45. The Bertz CT molecular complexity index is 512. The van der Waals surface area contributed by atoms with Crippen LogP contribution in [0.5, 0.6) is 0 Å². The minimum atomic E-state index is -0.376. The lowest BCUT2D eigenvalue weighted by Crippen LogP contribution is -2.50. The first kappa shape index (κ1) is 16.4. The fraction of sp³-hybridized carbons (Fsp3) is 0.750. The van der Waals surface area contributed by atoms with E-state index in [2.05, 4.69) is 20.2 Å². The predicted octanol–water partition coefficient (Wildman–Crippen LogP) is 0.639. The van der Waals surface area contributed by atoms with E-state index in [4.69, 9.17) is 0 Å². The van der Waals surface area contributed by atoms with Crippen molar-refractivity contribution in [3.63, 3.8) is 0 Å². The SMILES string of the molecule is O=C1CCC(N2CCN(Cc3cnn(CCF)c3)CC2)CCN1. The zero-order chi connectivity index (χ0) is 16.1. The predicted molar refractivity (Wildman–Crippen MR) is 85.7 cm³/mol. The van der Waals surface area contributed by atoms with Crippen molar-refractivity contribution in [3.8, 4) is 0 Å². The smallest absolute Gasteiger partial charge is 0.220 e. The second-order valence-corrected chi connectivity index (χ2v) is 6.44. The van der Waals surface area contributed by atoms with E-state index in [0.717, 1.165) is 57.7 Å². The maximum absolute atomic E-state index is 12.3. The highest BCUT2D eigenvalue weighted by Gasteiger charge is 2.25. The molecule has 128 valence electrons. The number of alkyl halides is 1. The van der Waals surface area contributed by atoms with E-state index >= 15 is 0 Å². The van der Waals surface area contributed by atoms with Crippen molar-refractivity contribution in [2.45, 2.75) is 38.4 Å². The molecule has 6 nitrogen and oxygen atoms in total. The second-order valence-electron chi connectivity index (χ2n) is 6.44. The standard InChI is InChI=1S/C16H26FN5O/c17-4-6-22-13-14(11-19-22)12-20-7-9-21(10-8-20)15-1-2-16(23)18-5-3-15/h11,13,15H,1-10,12H2,(H,18,23). The molecular weight excluding hydrogens is 297 g/mol. The topological polar surface area (TPSA) is 53.4 Å². The van der Waals surface area contributed by atoms with Gasteiger partial charge in [0.1, 0.15) is 6.67 Å². The van der Waals surface area contributed by atoms with Crippen LogP contribution in [0.4, 0.5) is 4.39 Å².